The third-order valence-corrected chi connectivity index (χ3v) is 3.28. The van der Waals surface area contributed by atoms with E-state index in [0.29, 0.717) is 28.5 Å². The van der Waals surface area contributed by atoms with Gasteiger partial charge in [-0.1, -0.05) is 0 Å². The summed E-state index contributed by atoms with van der Waals surface area (Å²) in [7, 11) is 0. The summed E-state index contributed by atoms with van der Waals surface area (Å²) < 4.78 is 5.58. The van der Waals surface area contributed by atoms with Crippen molar-refractivity contribution >= 4 is 37.6 Å². The van der Waals surface area contributed by atoms with Gasteiger partial charge in [0.1, 0.15) is 5.75 Å². The molecular formula is C14H22ClNO3S. The number of unbranched alkanes of at least 4 members (excludes halogenated alkanes) is 1. The van der Waals surface area contributed by atoms with Crippen LogP contribution in [0.3, 0.4) is 0 Å². The molecule has 1 aromatic carbocycles. The molecule has 0 aliphatic heterocycles. The normalized spacial score (nSPS) is 13.9. The molecule has 6 heteroatoms. The molecule has 4 N–H and O–H groups in total. The largest absolute Gasteiger partial charge is 0.515 e. The van der Waals surface area contributed by atoms with Crippen LogP contribution in [0.15, 0.2) is 18.2 Å². The van der Waals surface area contributed by atoms with Crippen LogP contribution in [-0.4, -0.2) is 28.6 Å². The molecule has 0 spiro atoms. The molecular weight excluding hydrogens is 298 g/mol. The van der Waals surface area contributed by atoms with Gasteiger partial charge in [-0.15, -0.1) is 12.4 Å². The fraction of sp³-hybridized carbons (Fsp3) is 0.429. The molecule has 0 amide bonds. The minimum Gasteiger partial charge on any atom is -0.515 e. The first-order valence-electron chi connectivity index (χ1n) is 6.29. The molecule has 0 bridgehead atoms. The second-order valence-corrected chi connectivity index (χ2v) is 4.70. The van der Waals surface area contributed by atoms with Gasteiger partial charge >= 0.3 is 0 Å². The number of ether oxygens (including phenoxy) is 1. The third-order valence-electron chi connectivity index (χ3n) is 2.81. The van der Waals surface area contributed by atoms with Crippen LogP contribution >= 0.6 is 25.0 Å². The molecule has 1 rings (SSSR count). The molecule has 0 radical (unpaired) electrons. The monoisotopic (exact) mass is 319 g/mol. The van der Waals surface area contributed by atoms with Crippen LogP contribution in [-0.2, 0) is 0 Å². The van der Waals surface area contributed by atoms with Crippen LogP contribution in [0.1, 0.15) is 19.3 Å². The number of aliphatic hydroxyl groups is 2. The highest BCUT2D eigenvalue weighted by molar-refractivity contribution is 7.80. The van der Waals surface area contributed by atoms with Gasteiger partial charge in [-0.25, -0.2) is 0 Å². The molecule has 0 aliphatic rings. The molecule has 20 heavy (non-hydrogen) atoms. The van der Waals surface area contributed by atoms with Gasteiger partial charge in [-0.2, -0.15) is 12.6 Å². The third kappa shape index (κ3) is 6.41. The van der Waals surface area contributed by atoms with Gasteiger partial charge in [0.15, 0.2) is 0 Å². The van der Waals surface area contributed by atoms with Crippen LogP contribution in [0, 0.1) is 0 Å². The van der Waals surface area contributed by atoms with Crippen LogP contribution in [0.4, 0.5) is 0 Å². The molecule has 1 aromatic rings. The van der Waals surface area contributed by atoms with Crippen LogP contribution in [0.25, 0.3) is 12.5 Å². The van der Waals surface area contributed by atoms with Crippen molar-refractivity contribution in [3.05, 3.63) is 28.6 Å². The number of nitrogens with two attached hydrogens (primary N) is 1. The summed E-state index contributed by atoms with van der Waals surface area (Å²) in [5.41, 5.74) is 5.76. The predicted octanol–water partition coefficient (Wildman–Crippen LogP) is 1.51. The van der Waals surface area contributed by atoms with Gasteiger partial charge in [0.25, 0.3) is 0 Å². The van der Waals surface area contributed by atoms with Crippen molar-refractivity contribution in [2.75, 3.05) is 12.4 Å². The topological polar surface area (TPSA) is 75.7 Å². The number of hydrogen-bond donors (Lipinski definition) is 4. The van der Waals surface area contributed by atoms with Crippen molar-refractivity contribution in [2.45, 2.75) is 25.3 Å². The summed E-state index contributed by atoms with van der Waals surface area (Å²) >= 11 is 4.13. The molecule has 1 atom stereocenters. The highest BCUT2D eigenvalue weighted by Crippen LogP contribution is 2.06. The van der Waals surface area contributed by atoms with Crippen LogP contribution < -0.4 is 20.9 Å². The van der Waals surface area contributed by atoms with E-state index in [0.717, 1.165) is 31.8 Å². The van der Waals surface area contributed by atoms with E-state index in [1.165, 1.54) is 0 Å². The second-order valence-electron chi connectivity index (χ2n) is 4.34. The smallest absolute Gasteiger partial charge is 0.120 e. The number of halogens is 1. The lowest BCUT2D eigenvalue weighted by Crippen LogP contribution is -2.24. The quantitative estimate of drug-likeness (QED) is 0.454. The van der Waals surface area contributed by atoms with Gasteiger partial charge in [0.2, 0.25) is 0 Å². The number of benzene rings is 1. The summed E-state index contributed by atoms with van der Waals surface area (Å²) in [5.74, 6) is 1.37. The van der Waals surface area contributed by atoms with Gasteiger partial charge in [0, 0.05) is 22.2 Å². The highest BCUT2D eigenvalue weighted by atomic mass is 35.5. The summed E-state index contributed by atoms with van der Waals surface area (Å²) in [6.07, 6.45) is 4.77. The number of hydrogen-bond acceptors (Lipinski definition) is 5. The lowest BCUT2D eigenvalue weighted by atomic mass is 10.1. The highest BCUT2D eigenvalue weighted by Gasteiger charge is 1.99. The lowest BCUT2D eigenvalue weighted by molar-refractivity contribution is 0.303. The summed E-state index contributed by atoms with van der Waals surface area (Å²) in [6.45, 7) is 0.604. The van der Waals surface area contributed by atoms with E-state index in [2.05, 4.69) is 12.6 Å². The molecule has 114 valence electrons. The van der Waals surface area contributed by atoms with Crippen molar-refractivity contribution < 1.29 is 14.9 Å². The van der Waals surface area contributed by atoms with Crippen molar-refractivity contribution in [3.63, 3.8) is 0 Å². The molecule has 4 nitrogen and oxygen atoms in total. The van der Waals surface area contributed by atoms with E-state index in [1.807, 2.05) is 0 Å². The maximum Gasteiger partial charge on any atom is 0.120 e. The Kier molecular flexibility index (Phi) is 10.2. The number of thiol groups is 1. The average Bonchev–Trinajstić information content (AvgIpc) is 2.46. The van der Waals surface area contributed by atoms with Crippen LogP contribution in [0.2, 0.25) is 0 Å². The average molecular weight is 320 g/mol. The van der Waals surface area contributed by atoms with Crippen molar-refractivity contribution in [2.24, 2.45) is 5.73 Å². The Hall–Kier alpha value is -1.04. The zero-order chi connectivity index (χ0) is 14.1. The molecule has 0 aromatic heterocycles. The summed E-state index contributed by atoms with van der Waals surface area (Å²) in [6, 6.07) is 5.28. The van der Waals surface area contributed by atoms with Gasteiger partial charge < -0.3 is 20.7 Å². The zero-order valence-electron chi connectivity index (χ0n) is 11.2. The first-order valence-corrected chi connectivity index (χ1v) is 6.92. The molecule has 0 heterocycles. The Morgan fingerprint density at radius 3 is 2.50 bits per heavy atom. The summed E-state index contributed by atoms with van der Waals surface area (Å²) in [5, 5.41) is 19.1. The fourth-order valence-corrected chi connectivity index (χ4v) is 1.84. The standard InChI is InChI=1S/C14H21NO3S.ClH/c15-13(10-19)3-1-2-6-18-14-5-4-11(8-16)12(7-14)9-17;/h4-5,7-9,13,16-17,19H,1-3,6,10,15H2;1H/t13-;/m0./s1. The maximum absolute atomic E-state index is 9.04. The molecule has 0 saturated carbocycles. The number of aliphatic hydroxyl groups excluding tert-OH is 2. The van der Waals surface area contributed by atoms with Gasteiger partial charge in [-0.3, -0.25) is 0 Å². The van der Waals surface area contributed by atoms with E-state index in [9.17, 15) is 0 Å². The summed E-state index contributed by atoms with van der Waals surface area (Å²) in [4.78, 5) is 0. The fourth-order valence-electron chi connectivity index (χ4n) is 1.66. The maximum atomic E-state index is 9.04. The predicted molar refractivity (Wildman–Crippen MR) is 88.3 cm³/mol. The molecule has 0 unspecified atom stereocenters. The zero-order valence-corrected chi connectivity index (χ0v) is 12.9. The van der Waals surface area contributed by atoms with E-state index < -0.39 is 0 Å². The minimum atomic E-state index is 0. The van der Waals surface area contributed by atoms with E-state index in [4.69, 9.17) is 20.7 Å². The SMILES string of the molecule is Cl.N[C@H](CS)CCCCOc1ccc(=CO)c(=CO)c1. The molecule has 0 aliphatic carbocycles. The van der Waals surface area contributed by atoms with E-state index in [-0.39, 0.29) is 18.4 Å². The van der Waals surface area contributed by atoms with Crippen molar-refractivity contribution in [1.29, 1.82) is 0 Å². The first kappa shape index (κ1) is 19.0. The Balaban J connectivity index is 0.00000361. The Labute approximate surface area is 130 Å². The Bertz CT molecular complexity index is 496. The van der Waals surface area contributed by atoms with Crippen molar-refractivity contribution in [1.82, 2.24) is 0 Å². The van der Waals surface area contributed by atoms with Crippen LogP contribution in [0.5, 0.6) is 5.75 Å². The van der Waals surface area contributed by atoms with E-state index in [1.54, 1.807) is 18.2 Å². The van der Waals surface area contributed by atoms with Gasteiger partial charge in [-0.05, 0) is 37.5 Å². The molecule has 0 fully saturated rings. The second kappa shape index (κ2) is 10.7. The number of rotatable bonds is 7. The Morgan fingerprint density at radius 1 is 1.20 bits per heavy atom. The van der Waals surface area contributed by atoms with Crippen molar-refractivity contribution in [3.8, 4) is 5.75 Å². The minimum absolute atomic E-state index is 0. The van der Waals surface area contributed by atoms with Gasteiger partial charge in [0.05, 0.1) is 19.1 Å². The Morgan fingerprint density at radius 2 is 1.90 bits per heavy atom. The first-order chi connectivity index (χ1) is 9.21. The lowest BCUT2D eigenvalue weighted by Gasteiger charge is -2.09. The molecule has 0 saturated heterocycles. The van der Waals surface area contributed by atoms with E-state index >= 15 is 0 Å².